The third-order valence-corrected chi connectivity index (χ3v) is 2.83. The number of hydrogen-bond acceptors (Lipinski definition) is 4. The van der Waals surface area contributed by atoms with Gasteiger partial charge in [-0.15, -0.1) is 0 Å². The van der Waals surface area contributed by atoms with E-state index in [0.29, 0.717) is 29.3 Å². The molecule has 0 atom stereocenters. The molecule has 0 radical (unpaired) electrons. The van der Waals surface area contributed by atoms with E-state index in [9.17, 15) is 9.18 Å². The minimum Gasteiger partial charge on any atom is -0.497 e. The molecule has 0 aromatic heterocycles. The number of carbonyl (C=O) groups is 1. The molecule has 0 aliphatic carbocycles. The molecule has 0 bridgehead atoms. The number of benzene rings is 2. The van der Waals surface area contributed by atoms with Gasteiger partial charge in [0.15, 0.2) is 0 Å². The predicted molar refractivity (Wildman–Crippen MR) is 78.6 cm³/mol. The smallest absolute Gasteiger partial charge is 0.338 e. The van der Waals surface area contributed by atoms with E-state index in [1.165, 1.54) is 13.2 Å². The number of rotatable bonds is 5. The minimum absolute atomic E-state index is 0.303. The molecule has 0 fully saturated rings. The molecule has 2 rings (SSSR count). The lowest BCUT2D eigenvalue weighted by Gasteiger charge is -2.10. The first-order valence-electron chi connectivity index (χ1n) is 6.51. The molecule has 0 saturated heterocycles. The highest BCUT2D eigenvalue weighted by Crippen LogP contribution is 2.24. The van der Waals surface area contributed by atoms with Crippen molar-refractivity contribution in [2.75, 3.05) is 19.0 Å². The molecule has 0 heterocycles. The van der Waals surface area contributed by atoms with E-state index in [1.807, 2.05) is 0 Å². The summed E-state index contributed by atoms with van der Waals surface area (Å²) in [5, 5.41) is 2.92. The van der Waals surface area contributed by atoms with Gasteiger partial charge in [-0.05, 0) is 37.3 Å². The third kappa shape index (κ3) is 3.72. The maximum atomic E-state index is 13.9. The Balaban J connectivity index is 2.20. The zero-order chi connectivity index (χ0) is 15.2. The van der Waals surface area contributed by atoms with Gasteiger partial charge in [0, 0.05) is 11.8 Å². The minimum atomic E-state index is -0.434. The topological polar surface area (TPSA) is 47.6 Å². The molecule has 0 saturated carbocycles. The first-order valence-corrected chi connectivity index (χ1v) is 6.51. The first-order chi connectivity index (χ1) is 10.1. The van der Waals surface area contributed by atoms with E-state index >= 15 is 0 Å². The molecule has 0 aliphatic heterocycles. The van der Waals surface area contributed by atoms with Crippen molar-refractivity contribution in [2.45, 2.75) is 6.92 Å². The van der Waals surface area contributed by atoms with Crippen LogP contribution >= 0.6 is 0 Å². The van der Waals surface area contributed by atoms with Gasteiger partial charge < -0.3 is 14.8 Å². The first kappa shape index (κ1) is 14.8. The van der Waals surface area contributed by atoms with Gasteiger partial charge in [0.25, 0.3) is 0 Å². The van der Waals surface area contributed by atoms with Gasteiger partial charge in [-0.3, -0.25) is 0 Å². The predicted octanol–water partition coefficient (Wildman–Crippen LogP) is 3.75. The molecule has 0 unspecified atom stereocenters. The Morgan fingerprint density at radius 1 is 1.24 bits per heavy atom. The lowest BCUT2D eigenvalue weighted by molar-refractivity contribution is 0.0526. The molecule has 5 heteroatoms. The Labute approximate surface area is 122 Å². The van der Waals surface area contributed by atoms with Crippen LogP contribution in [0.2, 0.25) is 0 Å². The summed E-state index contributed by atoms with van der Waals surface area (Å²) in [6.45, 7) is 2.05. The van der Waals surface area contributed by atoms with Crippen molar-refractivity contribution in [1.29, 1.82) is 0 Å². The van der Waals surface area contributed by atoms with Crippen molar-refractivity contribution >= 4 is 17.3 Å². The largest absolute Gasteiger partial charge is 0.497 e. The molecule has 1 N–H and O–H groups in total. The summed E-state index contributed by atoms with van der Waals surface area (Å²) >= 11 is 0. The Kier molecular flexibility index (Phi) is 4.77. The highest BCUT2D eigenvalue weighted by molar-refractivity contribution is 5.90. The molecular weight excluding hydrogens is 273 g/mol. The highest BCUT2D eigenvalue weighted by Gasteiger charge is 2.08. The van der Waals surface area contributed by atoms with Crippen LogP contribution in [0.1, 0.15) is 17.3 Å². The van der Waals surface area contributed by atoms with Gasteiger partial charge in [0.05, 0.1) is 25.0 Å². The quantitative estimate of drug-likeness (QED) is 0.851. The van der Waals surface area contributed by atoms with Crippen molar-refractivity contribution in [2.24, 2.45) is 0 Å². The van der Waals surface area contributed by atoms with Crippen molar-refractivity contribution in [1.82, 2.24) is 0 Å². The van der Waals surface area contributed by atoms with Gasteiger partial charge >= 0.3 is 5.97 Å². The summed E-state index contributed by atoms with van der Waals surface area (Å²) in [6.07, 6.45) is 0. The van der Waals surface area contributed by atoms with E-state index in [1.54, 1.807) is 43.3 Å². The van der Waals surface area contributed by atoms with Crippen LogP contribution in [0.25, 0.3) is 0 Å². The van der Waals surface area contributed by atoms with Crippen molar-refractivity contribution < 1.29 is 18.7 Å². The number of hydrogen-bond donors (Lipinski definition) is 1. The number of carbonyl (C=O) groups excluding carboxylic acids is 1. The SMILES string of the molecule is CCOC(=O)c1cccc(Nc2ccc(OC)cc2F)c1. The second-order valence-corrected chi connectivity index (χ2v) is 4.27. The lowest BCUT2D eigenvalue weighted by Crippen LogP contribution is -2.05. The zero-order valence-corrected chi connectivity index (χ0v) is 11.9. The van der Waals surface area contributed by atoms with Crippen LogP contribution in [-0.4, -0.2) is 19.7 Å². The fourth-order valence-corrected chi connectivity index (χ4v) is 1.82. The number of nitrogens with one attached hydrogen (secondary N) is 1. The average Bonchev–Trinajstić information content (AvgIpc) is 2.50. The van der Waals surface area contributed by atoms with Gasteiger partial charge in [0.1, 0.15) is 11.6 Å². The normalized spacial score (nSPS) is 10.0. The number of anilines is 2. The van der Waals surface area contributed by atoms with Gasteiger partial charge in [-0.1, -0.05) is 6.07 Å². The zero-order valence-electron chi connectivity index (χ0n) is 11.9. The highest BCUT2D eigenvalue weighted by atomic mass is 19.1. The molecule has 0 spiro atoms. The van der Waals surface area contributed by atoms with Crippen molar-refractivity contribution in [3.8, 4) is 5.75 Å². The molecule has 2 aromatic rings. The van der Waals surface area contributed by atoms with Crippen LogP contribution in [0.5, 0.6) is 5.75 Å². The van der Waals surface area contributed by atoms with Crippen molar-refractivity contribution in [3.63, 3.8) is 0 Å². The molecule has 110 valence electrons. The molecular formula is C16H16FNO3. The Hall–Kier alpha value is -2.56. The van der Waals surface area contributed by atoms with Crippen LogP contribution in [0.4, 0.5) is 15.8 Å². The van der Waals surface area contributed by atoms with Gasteiger partial charge in [0.2, 0.25) is 0 Å². The monoisotopic (exact) mass is 289 g/mol. The number of ether oxygens (including phenoxy) is 2. The van der Waals surface area contributed by atoms with Crippen LogP contribution in [0, 0.1) is 5.82 Å². The summed E-state index contributed by atoms with van der Waals surface area (Å²) in [5.41, 5.74) is 1.32. The lowest BCUT2D eigenvalue weighted by atomic mass is 10.2. The van der Waals surface area contributed by atoms with E-state index in [-0.39, 0.29) is 0 Å². The number of methoxy groups -OCH3 is 1. The average molecular weight is 289 g/mol. The Morgan fingerprint density at radius 2 is 2.05 bits per heavy atom. The number of halogens is 1. The third-order valence-electron chi connectivity index (χ3n) is 2.83. The second kappa shape index (κ2) is 6.74. The maximum absolute atomic E-state index is 13.9. The fraction of sp³-hybridized carbons (Fsp3) is 0.188. The molecule has 0 amide bonds. The van der Waals surface area contributed by atoms with Crippen LogP contribution in [-0.2, 0) is 4.74 Å². The van der Waals surface area contributed by atoms with Crippen LogP contribution < -0.4 is 10.1 Å². The van der Waals surface area contributed by atoms with E-state index in [0.717, 1.165) is 0 Å². The van der Waals surface area contributed by atoms with E-state index in [4.69, 9.17) is 9.47 Å². The maximum Gasteiger partial charge on any atom is 0.338 e. The van der Waals surface area contributed by atoms with E-state index < -0.39 is 11.8 Å². The summed E-state index contributed by atoms with van der Waals surface area (Å²) < 4.78 is 23.7. The molecule has 2 aromatic carbocycles. The van der Waals surface area contributed by atoms with E-state index in [2.05, 4.69) is 5.32 Å². The second-order valence-electron chi connectivity index (χ2n) is 4.27. The summed E-state index contributed by atoms with van der Waals surface area (Å²) in [5.74, 6) is -0.398. The molecule has 4 nitrogen and oxygen atoms in total. The molecule has 0 aliphatic rings. The van der Waals surface area contributed by atoms with Gasteiger partial charge in [-0.25, -0.2) is 9.18 Å². The van der Waals surface area contributed by atoms with Gasteiger partial charge in [-0.2, -0.15) is 0 Å². The summed E-state index contributed by atoms with van der Waals surface area (Å²) in [7, 11) is 1.48. The summed E-state index contributed by atoms with van der Waals surface area (Å²) in [4.78, 5) is 11.7. The van der Waals surface area contributed by atoms with Crippen LogP contribution in [0.3, 0.4) is 0 Å². The van der Waals surface area contributed by atoms with Crippen LogP contribution in [0.15, 0.2) is 42.5 Å². The summed E-state index contributed by atoms with van der Waals surface area (Å²) in [6, 6.07) is 11.2. The molecule has 21 heavy (non-hydrogen) atoms. The Bertz CT molecular complexity index is 643. The van der Waals surface area contributed by atoms with Crippen molar-refractivity contribution in [3.05, 3.63) is 53.8 Å². The standard InChI is InChI=1S/C16H16FNO3/c1-3-21-16(19)11-5-4-6-12(9-11)18-15-8-7-13(20-2)10-14(15)17/h4-10,18H,3H2,1-2H3. The number of esters is 1. The Morgan fingerprint density at radius 3 is 2.71 bits per heavy atom. The fourth-order valence-electron chi connectivity index (χ4n) is 1.82.